The monoisotopic (exact) mass is 633 g/mol. The number of carbonyl (C=O) groups is 6. The zero-order chi connectivity index (χ0) is 34.3. The SMILES string of the molecule is CNC(=O)C(NC(=O)C(C(C)C)N(C)C(=O)OCc1ccc(NC(=O)C(CCCNC(N)=O)NC(=O)CC(C)C)cc1)C(C)C. The van der Waals surface area contributed by atoms with Crippen molar-refractivity contribution >= 4 is 41.4 Å². The van der Waals surface area contributed by atoms with Crippen LogP contribution in [0.5, 0.6) is 0 Å². The molecule has 7 amide bonds. The van der Waals surface area contributed by atoms with Crippen LogP contribution in [0.15, 0.2) is 24.3 Å². The van der Waals surface area contributed by atoms with E-state index in [1.54, 1.807) is 38.1 Å². The standard InChI is InChI=1S/C31H51N7O7/c1-18(2)16-24(39)36-23(10-9-15-34-30(32)43)27(40)35-22-13-11-21(12-14-22)17-45-31(44)38(8)26(20(5)6)29(42)37-25(19(3)4)28(41)33-7/h11-14,18-20,23,25-26H,9-10,15-17H2,1-8H3,(H,33,41)(H,35,40)(H,36,39)(H,37,42)(H3,32,34,43). The summed E-state index contributed by atoms with van der Waals surface area (Å²) >= 11 is 0. The van der Waals surface area contributed by atoms with Crippen molar-refractivity contribution in [3.8, 4) is 0 Å². The molecule has 0 aromatic heterocycles. The Kier molecular flexibility index (Phi) is 16.4. The molecule has 252 valence electrons. The first-order valence-corrected chi connectivity index (χ1v) is 15.2. The Morgan fingerprint density at radius 3 is 2.00 bits per heavy atom. The Hall–Kier alpha value is -4.36. The summed E-state index contributed by atoms with van der Waals surface area (Å²) in [5.41, 5.74) is 6.20. The van der Waals surface area contributed by atoms with Gasteiger partial charge in [-0.15, -0.1) is 0 Å². The number of benzene rings is 1. The van der Waals surface area contributed by atoms with Gasteiger partial charge in [-0.25, -0.2) is 9.59 Å². The van der Waals surface area contributed by atoms with E-state index in [1.807, 2.05) is 27.7 Å². The predicted molar refractivity (Wildman–Crippen MR) is 171 cm³/mol. The van der Waals surface area contributed by atoms with Crippen LogP contribution in [0.25, 0.3) is 0 Å². The first kappa shape index (κ1) is 38.7. The molecule has 3 atom stereocenters. The van der Waals surface area contributed by atoms with Crippen LogP contribution in [-0.4, -0.2) is 79.4 Å². The molecule has 0 aliphatic heterocycles. The highest BCUT2D eigenvalue weighted by Crippen LogP contribution is 2.16. The molecular weight excluding hydrogens is 582 g/mol. The number of urea groups is 1. The van der Waals surface area contributed by atoms with Crippen molar-refractivity contribution in [2.45, 2.75) is 85.5 Å². The minimum Gasteiger partial charge on any atom is -0.445 e. The number of nitrogens with two attached hydrogens (primary N) is 1. The van der Waals surface area contributed by atoms with Gasteiger partial charge in [0.05, 0.1) is 0 Å². The van der Waals surface area contributed by atoms with Crippen LogP contribution in [0.2, 0.25) is 0 Å². The Bertz CT molecular complexity index is 1160. The number of nitrogens with one attached hydrogen (secondary N) is 5. The molecule has 14 heteroatoms. The van der Waals surface area contributed by atoms with Crippen LogP contribution in [0.1, 0.15) is 66.4 Å². The molecule has 3 unspecified atom stereocenters. The number of anilines is 1. The Morgan fingerprint density at radius 1 is 0.867 bits per heavy atom. The van der Waals surface area contributed by atoms with Crippen molar-refractivity contribution < 1.29 is 33.5 Å². The number of hydrogen-bond donors (Lipinski definition) is 6. The molecule has 0 heterocycles. The van der Waals surface area contributed by atoms with E-state index in [0.29, 0.717) is 17.7 Å². The minimum absolute atomic E-state index is 0.0859. The number of primary amides is 1. The van der Waals surface area contributed by atoms with E-state index >= 15 is 0 Å². The topological polar surface area (TPSA) is 201 Å². The molecule has 0 radical (unpaired) electrons. The van der Waals surface area contributed by atoms with Crippen LogP contribution in [0.4, 0.5) is 15.3 Å². The van der Waals surface area contributed by atoms with Gasteiger partial charge in [0, 0.05) is 32.7 Å². The first-order valence-electron chi connectivity index (χ1n) is 15.2. The quantitative estimate of drug-likeness (QED) is 0.141. The molecule has 0 aliphatic rings. The smallest absolute Gasteiger partial charge is 0.410 e. The van der Waals surface area contributed by atoms with Gasteiger partial charge >= 0.3 is 12.1 Å². The Labute approximate surface area is 265 Å². The van der Waals surface area contributed by atoms with Crippen molar-refractivity contribution in [3.63, 3.8) is 0 Å². The highest BCUT2D eigenvalue weighted by atomic mass is 16.6. The third kappa shape index (κ3) is 13.9. The number of likely N-dealkylation sites (N-methyl/N-ethyl adjacent to an activating group) is 2. The Balaban J connectivity index is 2.83. The van der Waals surface area contributed by atoms with E-state index in [2.05, 4.69) is 26.6 Å². The third-order valence-corrected chi connectivity index (χ3v) is 6.90. The van der Waals surface area contributed by atoms with Gasteiger partial charge in [-0.1, -0.05) is 53.7 Å². The van der Waals surface area contributed by atoms with Gasteiger partial charge in [0.2, 0.25) is 23.6 Å². The van der Waals surface area contributed by atoms with Crippen LogP contribution in [0.3, 0.4) is 0 Å². The fraction of sp³-hybridized carbons (Fsp3) is 0.613. The van der Waals surface area contributed by atoms with Gasteiger partial charge in [0.15, 0.2) is 0 Å². The van der Waals surface area contributed by atoms with E-state index in [1.165, 1.54) is 19.0 Å². The van der Waals surface area contributed by atoms with Gasteiger partial charge < -0.3 is 37.1 Å². The Morgan fingerprint density at radius 2 is 1.49 bits per heavy atom. The number of ether oxygens (including phenoxy) is 1. The fourth-order valence-corrected chi connectivity index (χ4v) is 4.54. The van der Waals surface area contributed by atoms with Crippen molar-refractivity contribution in [3.05, 3.63) is 29.8 Å². The van der Waals surface area contributed by atoms with Gasteiger partial charge in [0.1, 0.15) is 24.7 Å². The molecular formula is C31H51N7O7. The predicted octanol–water partition coefficient (Wildman–Crippen LogP) is 2.08. The van der Waals surface area contributed by atoms with E-state index in [0.717, 1.165) is 0 Å². The summed E-state index contributed by atoms with van der Waals surface area (Å²) in [6.45, 7) is 11.2. The highest BCUT2D eigenvalue weighted by Gasteiger charge is 2.34. The lowest BCUT2D eigenvalue weighted by molar-refractivity contribution is -0.133. The maximum Gasteiger partial charge on any atom is 0.410 e. The van der Waals surface area contributed by atoms with Crippen molar-refractivity contribution in [2.75, 3.05) is 26.0 Å². The molecule has 1 rings (SSSR count). The largest absolute Gasteiger partial charge is 0.445 e. The van der Waals surface area contributed by atoms with Crippen LogP contribution >= 0.6 is 0 Å². The lowest BCUT2D eigenvalue weighted by Crippen LogP contribution is -2.56. The maximum absolute atomic E-state index is 13.1. The molecule has 0 aliphatic carbocycles. The maximum atomic E-state index is 13.1. The first-order chi connectivity index (χ1) is 21.1. The molecule has 14 nitrogen and oxygen atoms in total. The normalized spacial score (nSPS) is 13.0. The number of carbonyl (C=O) groups excluding carboxylic acids is 6. The summed E-state index contributed by atoms with van der Waals surface area (Å²) in [7, 11) is 2.96. The third-order valence-electron chi connectivity index (χ3n) is 6.90. The second-order valence-electron chi connectivity index (χ2n) is 12.0. The van der Waals surface area contributed by atoms with Gasteiger partial charge in [0.25, 0.3) is 0 Å². The summed E-state index contributed by atoms with van der Waals surface area (Å²) in [5, 5.41) is 13.3. The van der Waals surface area contributed by atoms with Gasteiger partial charge in [-0.05, 0) is 48.3 Å². The second kappa shape index (κ2) is 19.1. The average molecular weight is 634 g/mol. The number of hydrogen-bond acceptors (Lipinski definition) is 7. The molecule has 0 saturated carbocycles. The zero-order valence-corrected chi connectivity index (χ0v) is 27.7. The molecule has 1 aromatic rings. The van der Waals surface area contributed by atoms with Gasteiger partial charge in [-0.2, -0.15) is 0 Å². The van der Waals surface area contributed by atoms with Crippen LogP contribution in [0, 0.1) is 17.8 Å². The zero-order valence-electron chi connectivity index (χ0n) is 27.7. The molecule has 1 aromatic carbocycles. The summed E-state index contributed by atoms with van der Waals surface area (Å²) in [5.74, 6) is -1.76. The van der Waals surface area contributed by atoms with E-state index in [9.17, 15) is 28.8 Å². The summed E-state index contributed by atoms with van der Waals surface area (Å²) in [6.07, 6.45) is 0.265. The average Bonchev–Trinajstić information content (AvgIpc) is 2.95. The van der Waals surface area contributed by atoms with Crippen LogP contribution < -0.4 is 32.3 Å². The number of rotatable bonds is 17. The van der Waals surface area contributed by atoms with Crippen molar-refractivity contribution in [2.24, 2.45) is 23.5 Å². The second-order valence-corrected chi connectivity index (χ2v) is 12.0. The molecule has 0 bridgehead atoms. The summed E-state index contributed by atoms with van der Waals surface area (Å²) < 4.78 is 5.45. The molecule has 0 saturated heterocycles. The van der Waals surface area contributed by atoms with Gasteiger partial charge in [-0.3, -0.25) is 24.1 Å². The van der Waals surface area contributed by atoms with E-state index < -0.39 is 42.1 Å². The number of nitrogens with zero attached hydrogens (tertiary/aromatic N) is 1. The molecule has 0 fully saturated rings. The molecule has 45 heavy (non-hydrogen) atoms. The van der Waals surface area contributed by atoms with Crippen molar-refractivity contribution in [1.29, 1.82) is 0 Å². The lowest BCUT2D eigenvalue weighted by atomic mass is 9.99. The fourth-order valence-electron chi connectivity index (χ4n) is 4.54. The summed E-state index contributed by atoms with van der Waals surface area (Å²) in [6, 6.07) is 3.52. The van der Waals surface area contributed by atoms with E-state index in [-0.39, 0.29) is 55.6 Å². The minimum atomic E-state index is -0.874. The molecule has 0 spiro atoms. The lowest BCUT2D eigenvalue weighted by Gasteiger charge is -2.31. The van der Waals surface area contributed by atoms with Crippen LogP contribution in [-0.2, 0) is 30.5 Å². The van der Waals surface area contributed by atoms with E-state index in [4.69, 9.17) is 10.5 Å². The van der Waals surface area contributed by atoms with Crippen molar-refractivity contribution in [1.82, 2.24) is 26.2 Å². The number of amides is 7. The summed E-state index contributed by atoms with van der Waals surface area (Å²) in [4.78, 5) is 75.7. The molecule has 7 N–H and O–H groups in total. The highest BCUT2D eigenvalue weighted by molar-refractivity contribution is 5.97.